The van der Waals surface area contributed by atoms with Crippen LogP contribution in [0.1, 0.15) is 26.7 Å². The zero-order valence-electron chi connectivity index (χ0n) is 10.1. The third-order valence-electron chi connectivity index (χ3n) is 2.65. The third-order valence-corrected chi connectivity index (χ3v) is 2.91. The average molecular weight is 246 g/mol. The molecule has 5 heteroatoms. The minimum atomic E-state index is 0.253. The van der Waals surface area contributed by atoms with E-state index in [9.17, 15) is 0 Å². The number of nitrogens with one attached hydrogen (secondary N) is 2. The Morgan fingerprint density at radius 1 is 1.56 bits per heavy atom. The van der Waals surface area contributed by atoms with Crippen molar-refractivity contribution in [3.05, 3.63) is 0 Å². The van der Waals surface area contributed by atoms with Gasteiger partial charge in [0, 0.05) is 26.4 Å². The fourth-order valence-electron chi connectivity index (χ4n) is 1.66. The molecule has 1 rings (SSSR count). The van der Waals surface area contributed by atoms with Crippen LogP contribution >= 0.6 is 12.2 Å². The average Bonchev–Trinajstić information content (AvgIpc) is 2.64. The minimum Gasteiger partial charge on any atom is -0.382 e. The van der Waals surface area contributed by atoms with Gasteiger partial charge >= 0.3 is 0 Å². The molecule has 4 nitrogen and oxygen atoms in total. The molecule has 2 N–H and O–H groups in total. The molecule has 16 heavy (non-hydrogen) atoms. The lowest BCUT2D eigenvalue weighted by Crippen LogP contribution is -2.45. The van der Waals surface area contributed by atoms with Crippen LogP contribution in [0.4, 0.5) is 0 Å². The van der Waals surface area contributed by atoms with Crippen LogP contribution in [-0.2, 0) is 9.47 Å². The lowest BCUT2D eigenvalue weighted by molar-refractivity contribution is 0.116. The lowest BCUT2D eigenvalue weighted by Gasteiger charge is -2.18. The fourth-order valence-corrected chi connectivity index (χ4v) is 1.91. The molecule has 1 aliphatic rings. The van der Waals surface area contributed by atoms with Gasteiger partial charge < -0.3 is 20.1 Å². The van der Waals surface area contributed by atoms with Crippen LogP contribution in [0.5, 0.6) is 0 Å². The van der Waals surface area contributed by atoms with Crippen molar-refractivity contribution >= 4 is 17.3 Å². The standard InChI is InChI=1S/C11H22N2O2S/c1-3-14-7-4-6-12-11(16)13-10-5-8-15-9(10)2/h9-10H,3-8H2,1-2H3,(H2,12,13,16). The summed E-state index contributed by atoms with van der Waals surface area (Å²) >= 11 is 5.20. The van der Waals surface area contributed by atoms with Crippen LogP contribution in [-0.4, -0.2) is 43.6 Å². The maximum absolute atomic E-state index is 5.45. The van der Waals surface area contributed by atoms with Crippen molar-refractivity contribution in [3.8, 4) is 0 Å². The summed E-state index contributed by atoms with van der Waals surface area (Å²) < 4.78 is 10.7. The number of thiocarbonyl (C=S) groups is 1. The second kappa shape index (κ2) is 7.81. The molecule has 1 saturated heterocycles. The summed E-state index contributed by atoms with van der Waals surface area (Å²) in [5, 5.41) is 7.17. The molecule has 1 heterocycles. The van der Waals surface area contributed by atoms with Gasteiger partial charge in [-0.25, -0.2) is 0 Å². The van der Waals surface area contributed by atoms with E-state index in [-0.39, 0.29) is 6.10 Å². The quantitative estimate of drug-likeness (QED) is 0.542. The number of hydrogen-bond acceptors (Lipinski definition) is 3. The van der Waals surface area contributed by atoms with Gasteiger partial charge in [-0.15, -0.1) is 0 Å². The van der Waals surface area contributed by atoms with Crippen LogP contribution < -0.4 is 10.6 Å². The monoisotopic (exact) mass is 246 g/mol. The summed E-state index contributed by atoms with van der Waals surface area (Å²) in [4.78, 5) is 0. The summed E-state index contributed by atoms with van der Waals surface area (Å²) in [5.41, 5.74) is 0. The highest BCUT2D eigenvalue weighted by Crippen LogP contribution is 2.12. The van der Waals surface area contributed by atoms with E-state index in [0.717, 1.165) is 44.3 Å². The van der Waals surface area contributed by atoms with Crippen LogP contribution in [0.3, 0.4) is 0 Å². The first-order valence-corrected chi connectivity index (χ1v) is 6.38. The van der Waals surface area contributed by atoms with Crippen molar-refractivity contribution in [1.29, 1.82) is 0 Å². The molecule has 0 bridgehead atoms. The second-order valence-electron chi connectivity index (χ2n) is 3.92. The molecule has 2 atom stereocenters. The molecule has 0 spiro atoms. The number of ether oxygens (including phenoxy) is 2. The normalized spacial score (nSPS) is 24.4. The molecule has 94 valence electrons. The molecule has 0 aromatic heterocycles. The van der Waals surface area contributed by atoms with Crippen LogP contribution in [0.15, 0.2) is 0 Å². The van der Waals surface area contributed by atoms with Crippen molar-refractivity contribution in [3.63, 3.8) is 0 Å². The zero-order valence-corrected chi connectivity index (χ0v) is 10.9. The van der Waals surface area contributed by atoms with Crippen LogP contribution in [0, 0.1) is 0 Å². The van der Waals surface area contributed by atoms with E-state index < -0.39 is 0 Å². The van der Waals surface area contributed by atoms with Gasteiger partial charge in [0.25, 0.3) is 0 Å². The fraction of sp³-hybridized carbons (Fsp3) is 0.909. The van der Waals surface area contributed by atoms with E-state index in [1.54, 1.807) is 0 Å². The maximum atomic E-state index is 5.45. The van der Waals surface area contributed by atoms with E-state index in [1.165, 1.54) is 0 Å². The highest BCUT2D eigenvalue weighted by Gasteiger charge is 2.24. The lowest BCUT2D eigenvalue weighted by atomic mass is 10.2. The van der Waals surface area contributed by atoms with Gasteiger partial charge in [0.2, 0.25) is 0 Å². The molecular weight excluding hydrogens is 224 g/mol. The predicted molar refractivity (Wildman–Crippen MR) is 68.7 cm³/mol. The Labute approximate surface area is 103 Å². The SMILES string of the molecule is CCOCCCNC(=S)NC1CCOC1C. The van der Waals surface area contributed by atoms with Gasteiger partial charge in [-0.1, -0.05) is 0 Å². The van der Waals surface area contributed by atoms with Gasteiger partial charge in [0.05, 0.1) is 12.1 Å². The summed E-state index contributed by atoms with van der Waals surface area (Å²) in [6.45, 7) is 7.32. The molecular formula is C11H22N2O2S. The summed E-state index contributed by atoms with van der Waals surface area (Å²) in [5.74, 6) is 0. The molecule has 1 fully saturated rings. The number of rotatable bonds is 6. The molecule has 0 radical (unpaired) electrons. The molecule has 0 aliphatic carbocycles. The predicted octanol–water partition coefficient (Wildman–Crippen LogP) is 1.05. The minimum absolute atomic E-state index is 0.253. The molecule has 0 aromatic carbocycles. The van der Waals surface area contributed by atoms with Crippen molar-refractivity contribution in [2.24, 2.45) is 0 Å². The zero-order chi connectivity index (χ0) is 11.8. The molecule has 0 aromatic rings. The van der Waals surface area contributed by atoms with E-state index in [0.29, 0.717) is 6.04 Å². The van der Waals surface area contributed by atoms with E-state index >= 15 is 0 Å². The summed E-state index contributed by atoms with van der Waals surface area (Å²) in [6, 6.07) is 0.354. The van der Waals surface area contributed by atoms with Gasteiger partial charge in [0.15, 0.2) is 5.11 Å². The first-order valence-electron chi connectivity index (χ1n) is 5.97. The van der Waals surface area contributed by atoms with Gasteiger partial charge in [-0.2, -0.15) is 0 Å². The molecule has 0 amide bonds. The second-order valence-corrected chi connectivity index (χ2v) is 4.33. The van der Waals surface area contributed by atoms with Crippen molar-refractivity contribution in [2.75, 3.05) is 26.4 Å². The highest BCUT2D eigenvalue weighted by molar-refractivity contribution is 7.80. The Morgan fingerprint density at radius 3 is 3.00 bits per heavy atom. The van der Waals surface area contributed by atoms with E-state index in [2.05, 4.69) is 17.6 Å². The third kappa shape index (κ3) is 5.09. The molecule has 0 saturated carbocycles. The van der Waals surface area contributed by atoms with Gasteiger partial charge in [-0.3, -0.25) is 0 Å². The molecule has 2 unspecified atom stereocenters. The molecule has 1 aliphatic heterocycles. The van der Waals surface area contributed by atoms with Crippen molar-refractivity contribution in [2.45, 2.75) is 38.8 Å². The summed E-state index contributed by atoms with van der Waals surface area (Å²) in [7, 11) is 0. The highest BCUT2D eigenvalue weighted by atomic mass is 32.1. The maximum Gasteiger partial charge on any atom is 0.166 e. The Morgan fingerprint density at radius 2 is 2.38 bits per heavy atom. The Bertz CT molecular complexity index is 214. The van der Waals surface area contributed by atoms with E-state index in [4.69, 9.17) is 21.7 Å². The van der Waals surface area contributed by atoms with Crippen LogP contribution in [0.25, 0.3) is 0 Å². The first kappa shape index (κ1) is 13.7. The van der Waals surface area contributed by atoms with Crippen LogP contribution in [0.2, 0.25) is 0 Å². The topological polar surface area (TPSA) is 42.5 Å². The smallest absolute Gasteiger partial charge is 0.166 e. The first-order chi connectivity index (χ1) is 7.74. The Hall–Kier alpha value is -0.390. The Balaban J connectivity index is 2.02. The summed E-state index contributed by atoms with van der Waals surface area (Å²) in [6.07, 6.45) is 2.26. The van der Waals surface area contributed by atoms with Crippen molar-refractivity contribution in [1.82, 2.24) is 10.6 Å². The van der Waals surface area contributed by atoms with Gasteiger partial charge in [-0.05, 0) is 38.9 Å². The van der Waals surface area contributed by atoms with E-state index in [1.807, 2.05) is 6.92 Å². The van der Waals surface area contributed by atoms with Crippen molar-refractivity contribution < 1.29 is 9.47 Å². The van der Waals surface area contributed by atoms with Gasteiger partial charge in [0.1, 0.15) is 0 Å². The number of hydrogen-bond donors (Lipinski definition) is 2. The largest absolute Gasteiger partial charge is 0.382 e. The Kier molecular flexibility index (Phi) is 6.68.